The Morgan fingerprint density at radius 1 is 0.955 bits per heavy atom. The van der Waals surface area contributed by atoms with Crippen LogP contribution in [0.4, 0.5) is 0 Å². The van der Waals surface area contributed by atoms with E-state index < -0.39 is 0 Å². The molecule has 1 N–H and O–H groups in total. The minimum absolute atomic E-state index is 0.113. The van der Waals surface area contributed by atoms with Gasteiger partial charge < -0.3 is 9.84 Å². The van der Waals surface area contributed by atoms with Crippen LogP contribution in [0.2, 0.25) is 0 Å². The molecule has 0 saturated carbocycles. The van der Waals surface area contributed by atoms with Crippen LogP contribution in [0.15, 0.2) is 12.2 Å². The Morgan fingerprint density at radius 3 is 2.36 bits per heavy atom. The van der Waals surface area contributed by atoms with Crippen molar-refractivity contribution >= 4 is 5.97 Å². The van der Waals surface area contributed by atoms with Gasteiger partial charge in [0.15, 0.2) is 0 Å². The van der Waals surface area contributed by atoms with Crippen molar-refractivity contribution in [2.75, 3.05) is 7.11 Å². The quantitative estimate of drug-likeness (QED) is 0.258. The summed E-state index contributed by atoms with van der Waals surface area (Å²) in [4.78, 5) is 10.9. The minimum Gasteiger partial charge on any atom is -0.469 e. The molecular weight excluding hydrogens is 276 g/mol. The summed E-state index contributed by atoms with van der Waals surface area (Å²) in [5.74, 6) is -0.113. The lowest BCUT2D eigenvalue weighted by Crippen LogP contribution is -2.05. The summed E-state index contributed by atoms with van der Waals surface area (Å²) in [5.41, 5.74) is 0. The highest BCUT2D eigenvalue weighted by Gasteiger charge is 2.03. The topological polar surface area (TPSA) is 46.5 Å². The first-order valence-corrected chi connectivity index (χ1v) is 9.10. The first kappa shape index (κ1) is 21.2. The number of esters is 1. The van der Waals surface area contributed by atoms with E-state index in [1.807, 2.05) is 0 Å². The van der Waals surface area contributed by atoms with E-state index in [4.69, 9.17) is 0 Å². The molecule has 0 heterocycles. The van der Waals surface area contributed by atoms with Crippen molar-refractivity contribution in [2.45, 2.75) is 96.5 Å². The summed E-state index contributed by atoms with van der Waals surface area (Å²) >= 11 is 0. The molecule has 130 valence electrons. The number of hydrogen-bond acceptors (Lipinski definition) is 3. The Hall–Kier alpha value is -0.830. The molecule has 0 aromatic carbocycles. The zero-order chi connectivity index (χ0) is 16.5. The van der Waals surface area contributed by atoms with Gasteiger partial charge >= 0.3 is 5.97 Å². The highest BCUT2D eigenvalue weighted by Crippen LogP contribution is 2.12. The van der Waals surface area contributed by atoms with Crippen molar-refractivity contribution in [1.82, 2.24) is 0 Å². The zero-order valence-electron chi connectivity index (χ0n) is 14.7. The first-order chi connectivity index (χ1) is 10.7. The first-order valence-electron chi connectivity index (χ1n) is 9.10. The van der Waals surface area contributed by atoms with Crippen LogP contribution in [-0.2, 0) is 9.53 Å². The maximum atomic E-state index is 10.9. The van der Waals surface area contributed by atoms with Crippen LogP contribution in [0.1, 0.15) is 90.4 Å². The lowest BCUT2D eigenvalue weighted by Gasteiger charge is -2.08. The molecular formula is C19H36O3. The zero-order valence-corrected chi connectivity index (χ0v) is 14.7. The van der Waals surface area contributed by atoms with Crippen molar-refractivity contribution in [3.8, 4) is 0 Å². The number of aliphatic hydroxyl groups is 1. The van der Waals surface area contributed by atoms with Crippen molar-refractivity contribution in [3.63, 3.8) is 0 Å². The molecule has 0 bridgehead atoms. The lowest BCUT2D eigenvalue weighted by molar-refractivity contribution is -0.140. The Morgan fingerprint density at radius 2 is 1.64 bits per heavy atom. The van der Waals surface area contributed by atoms with Crippen molar-refractivity contribution in [2.24, 2.45) is 0 Å². The van der Waals surface area contributed by atoms with Gasteiger partial charge in [0.1, 0.15) is 0 Å². The molecule has 0 aromatic heterocycles. The molecule has 0 amide bonds. The second-order valence-electron chi connectivity index (χ2n) is 6.08. The molecule has 0 aliphatic carbocycles. The average molecular weight is 312 g/mol. The largest absolute Gasteiger partial charge is 0.469 e. The Balaban J connectivity index is 3.28. The van der Waals surface area contributed by atoms with E-state index in [0.717, 1.165) is 51.4 Å². The molecule has 0 aliphatic heterocycles. The summed E-state index contributed by atoms with van der Waals surface area (Å²) < 4.78 is 4.61. The van der Waals surface area contributed by atoms with Gasteiger partial charge in [0, 0.05) is 6.42 Å². The number of carbonyl (C=O) groups excluding carboxylic acids is 1. The predicted molar refractivity (Wildman–Crippen MR) is 92.9 cm³/mol. The molecule has 0 spiro atoms. The van der Waals surface area contributed by atoms with Crippen molar-refractivity contribution in [1.29, 1.82) is 0 Å². The smallest absolute Gasteiger partial charge is 0.305 e. The average Bonchev–Trinajstić information content (AvgIpc) is 2.52. The van der Waals surface area contributed by atoms with Gasteiger partial charge in [-0.15, -0.1) is 0 Å². The molecule has 0 aromatic rings. The molecule has 0 fully saturated rings. The number of ether oxygens (including phenoxy) is 1. The molecule has 0 rings (SSSR count). The van der Waals surface area contributed by atoms with E-state index in [0.29, 0.717) is 6.42 Å². The summed E-state index contributed by atoms with van der Waals surface area (Å²) in [5, 5.41) is 9.90. The van der Waals surface area contributed by atoms with E-state index in [1.54, 1.807) is 0 Å². The molecule has 0 saturated heterocycles. The fourth-order valence-electron chi connectivity index (χ4n) is 2.46. The van der Waals surface area contributed by atoms with Gasteiger partial charge in [-0.3, -0.25) is 4.79 Å². The van der Waals surface area contributed by atoms with E-state index in [1.165, 1.54) is 32.8 Å². The predicted octanol–water partition coefficient (Wildman–Crippen LogP) is 5.17. The van der Waals surface area contributed by atoms with Gasteiger partial charge in [-0.25, -0.2) is 0 Å². The second kappa shape index (κ2) is 16.5. The maximum absolute atomic E-state index is 10.9. The third kappa shape index (κ3) is 15.6. The number of rotatable bonds is 15. The van der Waals surface area contributed by atoms with Crippen molar-refractivity contribution in [3.05, 3.63) is 12.2 Å². The van der Waals surface area contributed by atoms with Crippen LogP contribution < -0.4 is 0 Å². The van der Waals surface area contributed by atoms with Crippen LogP contribution in [0.5, 0.6) is 0 Å². The van der Waals surface area contributed by atoms with Gasteiger partial charge in [-0.1, -0.05) is 57.6 Å². The Bertz CT molecular complexity index is 274. The number of hydrogen-bond donors (Lipinski definition) is 1. The van der Waals surface area contributed by atoms with E-state index in [2.05, 4.69) is 23.8 Å². The van der Waals surface area contributed by atoms with E-state index >= 15 is 0 Å². The molecule has 1 unspecified atom stereocenters. The van der Waals surface area contributed by atoms with Gasteiger partial charge in [-0.05, 0) is 38.5 Å². The summed E-state index contributed by atoms with van der Waals surface area (Å²) in [7, 11) is 1.43. The minimum atomic E-state index is -0.157. The number of carbonyl (C=O) groups is 1. The highest BCUT2D eigenvalue weighted by atomic mass is 16.5. The Kier molecular flexibility index (Phi) is 15.9. The molecule has 3 nitrogen and oxygen atoms in total. The molecule has 22 heavy (non-hydrogen) atoms. The van der Waals surface area contributed by atoms with Crippen LogP contribution >= 0.6 is 0 Å². The standard InChI is InChI=1S/C19H36O3/c1-3-4-5-6-7-9-12-15-18(20)16-13-10-8-11-14-17-19(21)22-2/h7,9,18,20H,3-6,8,10-17H2,1-2H3. The fourth-order valence-corrected chi connectivity index (χ4v) is 2.46. The Labute approximate surface area is 137 Å². The number of methoxy groups -OCH3 is 1. The summed E-state index contributed by atoms with van der Waals surface area (Å²) in [6.07, 6.45) is 18.0. The van der Waals surface area contributed by atoms with Crippen LogP contribution in [0, 0.1) is 0 Å². The molecule has 3 heteroatoms. The number of aliphatic hydroxyl groups excluding tert-OH is 1. The van der Waals surface area contributed by atoms with Crippen LogP contribution in [0.25, 0.3) is 0 Å². The second-order valence-corrected chi connectivity index (χ2v) is 6.08. The third-order valence-electron chi connectivity index (χ3n) is 3.95. The molecule has 0 radical (unpaired) electrons. The van der Waals surface area contributed by atoms with Crippen molar-refractivity contribution < 1.29 is 14.6 Å². The normalized spacial score (nSPS) is 12.7. The van der Waals surface area contributed by atoms with Gasteiger partial charge in [0.2, 0.25) is 0 Å². The number of allylic oxidation sites excluding steroid dienone is 2. The van der Waals surface area contributed by atoms with E-state index in [9.17, 15) is 9.90 Å². The lowest BCUT2D eigenvalue weighted by atomic mass is 10.0. The highest BCUT2D eigenvalue weighted by molar-refractivity contribution is 5.68. The molecule has 1 atom stereocenters. The SMILES string of the molecule is CCCCCC=CCCC(O)CCCCCCCC(=O)OC. The van der Waals surface area contributed by atoms with Gasteiger partial charge in [0.25, 0.3) is 0 Å². The number of unbranched alkanes of at least 4 members (excludes halogenated alkanes) is 7. The molecule has 0 aliphatic rings. The fraction of sp³-hybridized carbons (Fsp3) is 0.842. The van der Waals surface area contributed by atoms with Gasteiger partial charge in [0.05, 0.1) is 13.2 Å². The summed E-state index contributed by atoms with van der Waals surface area (Å²) in [6.45, 7) is 2.22. The van der Waals surface area contributed by atoms with Crippen LogP contribution in [0.3, 0.4) is 0 Å². The van der Waals surface area contributed by atoms with Crippen LogP contribution in [-0.4, -0.2) is 24.3 Å². The summed E-state index contributed by atoms with van der Waals surface area (Å²) in [6, 6.07) is 0. The van der Waals surface area contributed by atoms with Gasteiger partial charge in [-0.2, -0.15) is 0 Å². The third-order valence-corrected chi connectivity index (χ3v) is 3.95. The monoisotopic (exact) mass is 312 g/mol. The van der Waals surface area contributed by atoms with E-state index in [-0.39, 0.29) is 12.1 Å². The maximum Gasteiger partial charge on any atom is 0.305 e.